The summed E-state index contributed by atoms with van der Waals surface area (Å²) in [6.45, 7) is 4.51. The first-order valence-corrected chi connectivity index (χ1v) is 6.63. The van der Waals surface area contributed by atoms with Crippen molar-refractivity contribution in [2.24, 2.45) is 5.92 Å². The predicted octanol–water partition coefficient (Wildman–Crippen LogP) is 4.24. The van der Waals surface area contributed by atoms with Crippen molar-refractivity contribution in [3.8, 4) is 0 Å². The maximum absolute atomic E-state index is 3.62. The van der Waals surface area contributed by atoms with Crippen LogP contribution in [0.5, 0.6) is 0 Å². The van der Waals surface area contributed by atoms with Crippen LogP contribution in [0.4, 0.5) is 5.69 Å². The SMILES string of the molecule is CCc1cccc(NC(C)CC2CCC2)c1. The minimum atomic E-state index is 0.609. The summed E-state index contributed by atoms with van der Waals surface area (Å²) in [4.78, 5) is 0. The van der Waals surface area contributed by atoms with Crippen molar-refractivity contribution in [1.29, 1.82) is 0 Å². The number of benzene rings is 1. The van der Waals surface area contributed by atoms with Gasteiger partial charge in [0.25, 0.3) is 0 Å². The van der Waals surface area contributed by atoms with E-state index in [2.05, 4.69) is 43.4 Å². The summed E-state index contributed by atoms with van der Waals surface area (Å²) in [5.41, 5.74) is 2.70. The Labute approximate surface area is 99.3 Å². The zero-order chi connectivity index (χ0) is 11.4. The molecule has 1 aromatic rings. The molecule has 1 N–H and O–H groups in total. The van der Waals surface area contributed by atoms with Crippen molar-refractivity contribution in [1.82, 2.24) is 0 Å². The van der Waals surface area contributed by atoms with Crippen LogP contribution in [-0.4, -0.2) is 6.04 Å². The third-order valence-corrected chi connectivity index (χ3v) is 3.66. The van der Waals surface area contributed by atoms with E-state index in [1.54, 1.807) is 0 Å². The molecule has 1 fully saturated rings. The third kappa shape index (κ3) is 3.01. The van der Waals surface area contributed by atoms with Crippen molar-refractivity contribution >= 4 is 5.69 Å². The van der Waals surface area contributed by atoms with Gasteiger partial charge < -0.3 is 5.32 Å². The van der Waals surface area contributed by atoms with E-state index in [9.17, 15) is 0 Å². The topological polar surface area (TPSA) is 12.0 Å². The predicted molar refractivity (Wildman–Crippen MR) is 70.9 cm³/mol. The van der Waals surface area contributed by atoms with Gasteiger partial charge in [0.15, 0.2) is 0 Å². The van der Waals surface area contributed by atoms with E-state index in [1.807, 2.05) is 0 Å². The summed E-state index contributed by atoms with van der Waals surface area (Å²) >= 11 is 0. The molecule has 1 aliphatic carbocycles. The molecule has 0 heterocycles. The maximum atomic E-state index is 3.62. The first-order valence-electron chi connectivity index (χ1n) is 6.63. The Morgan fingerprint density at radius 1 is 1.38 bits per heavy atom. The molecule has 1 unspecified atom stereocenters. The summed E-state index contributed by atoms with van der Waals surface area (Å²) in [6, 6.07) is 9.41. The van der Waals surface area contributed by atoms with Gasteiger partial charge in [0.05, 0.1) is 0 Å². The number of hydrogen-bond donors (Lipinski definition) is 1. The van der Waals surface area contributed by atoms with Crippen molar-refractivity contribution in [3.63, 3.8) is 0 Å². The molecule has 0 aromatic heterocycles. The highest BCUT2D eigenvalue weighted by Crippen LogP contribution is 2.31. The first-order chi connectivity index (χ1) is 7.78. The lowest BCUT2D eigenvalue weighted by molar-refractivity contribution is 0.286. The normalized spacial score (nSPS) is 17.9. The molecule has 0 bridgehead atoms. The highest BCUT2D eigenvalue weighted by atomic mass is 14.9. The molecule has 1 aromatic carbocycles. The largest absolute Gasteiger partial charge is 0.383 e. The standard InChI is InChI=1S/C15H23N/c1-3-13-6-5-9-15(11-13)16-12(2)10-14-7-4-8-14/h5-6,9,11-12,14,16H,3-4,7-8,10H2,1-2H3. The zero-order valence-electron chi connectivity index (χ0n) is 10.5. The number of anilines is 1. The Hall–Kier alpha value is -0.980. The summed E-state index contributed by atoms with van der Waals surface area (Å²) < 4.78 is 0. The average Bonchev–Trinajstić information content (AvgIpc) is 2.24. The maximum Gasteiger partial charge on any atom is 0.0344 e. The van der Waals surface area contributed by atoms with Gasteiger partial charge in [0.1, 0.15) is 0 Å². The summed E-state index contributed by atoms with van der Waals surface area (Å²) in [5, 5.41) is 3.62. The molecular formula is C15H23N. The lowest BCUT2D eigenvalue weighted by atomic mass is 9.81. The van der Waals surface area contributed by atoms with Crippen LogP contribution in [0.2, 0.25) is 0 Å². The fourth-order valence-electron chi connectivity index (χ4n) is 2.45. The van der Waals surface area contributed by atoms with Gasteiger partial charge in [0, 0.05) is 11.7 Å². The van der Waals surface area contributed by atoms with E-state index in [0.29, 0.717) is 6.04 Å². The van der Waals surface area contributed by atoms with Crippen LogP contribution in [0, 0.1) is 5.92 Å². The summed E-state index contributed by atoms with van der Waals surface area (Å²) in [6.07, 6.45) is 6.79. The lowest BCUT2D eigenvalue weighted by Crippen LogP contribution is -2.23. The van der Waals surface area contributed by atoms with E-state index in [1.165, 1.54) is 36.9 Å². The van der Waals surface area contributed by atoms with Gasteiger partial charge >= 0.3 is 0 Å². The minimum Gasteiger partial charge on any atom is -0.383 e. The van der Waals surface area contributed by atoms with Crippen LogP contribution in [0.1, 0.15) is 45.1 Å². The van der Waals surface area contributed by atoms with E-state index in [4.69, 9.17) is 0 Å². The van der Waals surface area contributed by atoms with Gasteiger partial charge in [-0.05, 0) is 43.4 Å². The van der Waals surface area contributed by atoms with E-state index < -0.39 is 0 Å². The highest BCUT2D eigenvalue weighted by molar-refractivity contribution is 5.46. The van der Waals surface area contributed by atoms with Gasteiger partial charge in [-0.25, -0.2) is 0 Å². The van der Waals surface area contributed by atoms with Crippen LogP contribution < -0.4 is 5.32 Å². The van der Waals surface area contributed by atoms with Crippen LogP contribution in [-0.2, 0) is 6.42 Å². The second-order valence-corrected chi connectivity index (χ2v) is 5.13. The molecular weight excluding hydrogens is 194 g/mol. The molecule has 88 valence electrons. The Morgan fingerprint density at radius 3 is 2.81 bits per heavy atom. The van der Waals surface area contributed by atoms with Crippen LogP contribution in [0.25, 0.3) is 0 Å². The lowest BCUT2D eigenvalue weighted by Gasteiger charge is -2.29. The molecule has 0 aliphatic heterocycles. The molecule has 0 spiro atoms. The summed E-state index contributed by atoms with van der Waals surface area (Å²) in [5.74, 6) is 0.983. The molecule has 0 saturated heterocycles. The van der Waals surface area contributed by atoms with Crippen molar-refractivity contribution in [2.75, 3.05) is 5.32 Å². The Morgan fingerprint density at radius 2 is 2.19 bits per heavy atom. The van der Waals surface area contributed by atoms with Gasteiger partial charge in [-0.15, -0.1) is 0 Å². The third-order valence-electron chi connectivity index (χ3n) is 3.66. The van der Waals surface area contributed by atoms with Gasteiger partial charge in [-0.3, -0.25) is 0 Å². The molecule has 0 amide bonds. The second kappa shape index (κ2) is 5.38. The fourth-order valence-corrected chi connectivity index (χ4v) is 2.45. The van der Waals surface area contributed by atoms with E-state index in [0.717, 1.165) is 12.3 Å². The number of rotatable bonds is 5. The van der Waals surface area contributed by atoms with Gasteiger partial charge in [0.2, 0.25) is 0 Å². The summed E-state index contributed by atoms with van der Waals surface area (Å²) in [7, 11) is 0. The molecule has 1 aliphatic rings. The van der Waals surface area contributed by atoms with Gasteiger partial charge in [-0.2, -0.15) is 0 Å². The Balaban J connectivity index is 1.86. The van der Waals surface area contributed by atoms with Gasteiger partial charge in [-0.1, -0.05) is 38.3 Å². The molecule has 1 nitrogen and oxygen atoms in total. The van der Waals surface area contributed by atoms with Crippen molar-refractivity contribution < 1.29 is 0 Å². The van der Waals surface area contributed by atoms with Crippen LogP contribution in [0.3, 0.4) is 0 Å². The minimum absolute atomic E-state index is 0.609. The molecule has 1 atom stereocenters. The Kier molecular flexibility index (Phi) is 3.87. The van der Waals surface area contributed by atoms with Crippen LogP contribution >= 0.6 is 0 Å². The number of hydrogen-bond acceptors (Lipinski definition) is 1. The zero-order valence-corrected chi connectivity index (χ0v) is 10.5. The highest BCUT2D eigenvalue weighted by Gasteiger charge is 2.19. The van der Waals surface area contributed by atoms with Crippen molar-refractivity contribution in [2.45, 2.75) is 52.0 Å². The first kappa shape index (κ1) is 11.5. The molecule has 16 heavy (non-hydrogen) atoms. The fraction of sp³-hybridized carbons (Fsp3) is 0.600. The van der Waals surface area contributed by atoms with Crippen molar-refractivity contribution in [3.05, 3.63) is 29.8 Å². The Bertz CT molecular complexity index is 328. The van der Waals surface area contributed by atoms with E-state index in [-0.39, 0.29) is 0 Å². The molecule has 0 radical (unpaired) electrons. The smallest absolute Gasteiger partial charge is 0.0344 e. The van der Waals surface area contributed by atoms with Crippen LogP contribution in [0.15, 0.2) is 24.3 Å². The monoisotopic (exact) mass is 217 g/mol. The number of nitrogens with one attached hydrogen (secondary N) is 1. The number of aryl methyl sites for hydroxylation is 1. The average molecular weight is 217 g/mol. The van der Waals surface area contributed by atoms with E-state index >= 15 is 0 Å². The quantitative estimate of drug-likeness (QED) is 0.778. The molecule has 1 heteroatoms. The molecule has 1 saturated carbocycles. The second-order valence-electron chi connectivity index (χ2n) is 5.13. The molecule has 2 rings (SSSR count).